The predicted molar refractivity (Wildman–Crippen MR) is 73.6 cm³/mol. The number of nitrogens with one attached hydrogen (secondary N) is 1. The molecule has 1 heterocycles. The van der Waals surface area contributed by atoms with Gasteiger partial charge in [0.1, 0.15) is 5.76 Å². The first-order chi connectivity index (χ1) is 8.92. The molecule has 0 saturated carbocycles. The third-order valence-corrected chi connectivity index (χ3v) is 4.02. The van der Waals surface area contributed by atoms with Crippen LogP contribution in [0.4, 0.5) is 5.69 Å². The van der Waals surface area contributed by atoms with Gasteiger partial charge in [-0.25, -0.2) is 0 Å². The molecule has 0 fully saturated rings. The average molecular weight is 301 g/mol. The van der Waals surface area contributed by atoms with Gasteiger partial charge in [0.05, 0.1) is 12.2 Å². The topological polar surface area (TPSA) is 85.3 Å². The van der Waals surface area contributed by atoms with E-state index in [2.05, 4.69) is 4.72 Å². The minimum Gasteiger partial charge on any atom is -0.446 e. The first-order valence-electron chi connectivity index (χ1n) is 5.50. The Bertz CT molecular complexity index is 695. The minimum absolute atomic E-state index is 0.145. The van der Waals surface area contributed by atoms with Gasteiger partial charge in [0.25, 0.3) is 10.0 Å². The van der Waals surface area contributed by atoms with Crippen molar-refractivity contribution in [1.82, 2.24) is 0 Å². The van der Waals surface area contributed by atoms with E-state index >= 15 is 0 Å². The van der Waals surface area contributed by atoms with Crippen LogP contribution in [0.2, 0.25) is 5.02 Å². The molecule has 102 valence electrons. The van der Waals surface area contributed by atoms with E-state index in [1.807, 2.05) is 0 Å². The summed E-state index contributed by atoms with van der Waals surface area (Å²) in [5.41, 5.74) is 6.55. The molecular formula is C12H13ClN2O3S. The summed E-state index contributed by atoms with van der Waals surface area (Å²) < 4.78 is 31.8. The van der Waals surface area contributed by atoms with Crippen molar-refractivity contribution >= 4 is 27.3 Å². The van der Waals surface area contributed by atoms with Crippen LogP contribution in [0.15, 0.2) is 39.8 Å². The molecule has 0 aliphatic heterocycles. The molecule has 1 aromatic heterocycles. The van der Waals surface area contributed by atoms with E-state index in [0.29, 0.717) is 16.5 Å². The zero-order chi connectivity index (χ0) is 14.0. The van der Waals surface area contributed by atoms with E-state index in [1.54, 1.807) is 25.1 Å². The quantitative estimate of drug-likeness (QED) is 0.908. The van der Waals surface area contributed by atoms with Gasteiger partial charge in [-0.3, -0.25) is 4.72 Å². The van der Waals surface area contributed by atoms with Crippen LogP contribution < -0.4 is 10.5 Å². The fourth-order valence-corrected chi connectivity index (χ4v) is 2.76. The van der Waals surface area contributed by atoms with Crippen molar-refractivity contribution in [3.05, 3.63) is 46.7 Å². The van der Waals surface area contributed by atoms with Gasteiger partial charge in [-0.2, -0.15) is 8.42 Å². The predicted octanol–water partition coefficient (Wildman–Crippen LogP) is 2.50. The first kappa shape index (κ1) is 13.9. The highest BCUT2D eigenvalue weighted by atomic mass is 35.5. The molecule has 7 heteroatoms. The number of furan rings is 1. The summed E-state index contributed by atoms with van der Waals surface area (Å²) in [7, 11) is -3.77. The lowest BCUT2D eigenvalue weighted by molar-refractivity contribution is 0.417. The summed E-state index contributed by atoms with van der Waals surface area (Å²) in [6.07, 6.45) is 0. The van der Waals surface area contributed by atoms with E-state index < -0.39 is 10.0 Å². The Morgan fingerprint density at radius 1 is 1.32 bits per heavy atom. The highest BCUT2D eigenvalue weighted by Crippen LogP contribution is 2.24. The maximum Gasteiger partial charge on any atom is 0.295 e. The Morgan fingerprint density at radius 3 is 2.68 bits per heavy atom. The van der Waals surface area contributed by atoms with Crippen molar-refractivity contribution in [2.24, 2.45) is 5.73 Å². The van der Waals surface area contributed by atoms with E-state index in [9.17, 15) is 8.42 Å². The van der Waals surface area contributed by atoms with Gasteiger partial charge in [-0.1, -0.05) is 17.7 Å². The van der Waals surface area contributed by atoms with Crippen LogP contribution in [0.3, 0.4) is 0 Å². The number of rotatable bonds is 4. The number of benzene rings is 1. The second-order valence-corrected chi connectivity index (χ2v) is 6.04. The van der Waals surface area contributed by atoms with Crippen molar-refractivity contribution in [3.63, 3.8) is 0 Å². The normalized spacial score (nSPS) is 11.5. The zero-order valence-corrected chi connectivity index (χ0v) is 11.8. The van der Waals surface area contributed by atoms with E-state index in [0.717, 1.165) is 5.56 Å². The number of nitrogens with two attached hydrogens (primary N) is 1. The van der Waals surface area contributed by atoms with Gasteiger partial charge in [0.15, 0.2) is 0 Å². The molecule has 1 aromatic carbocycles. The Balaban J connectivity index is 2.33. The molecule has 3 N–H and O–H groups in total. The second-order valence-electron chi connectivity index (χ2n) is 3.99. The van der Waals surface area contributed by atoms with Gasteiger partial charge >= 0.3 is 0 Å². The number of halogens is 1. The van der Waals surface area contributed by atoms with Crippen LogP contribution >= 0.6 is 11.6 Å². The lowest BCUT2D eigenvalue weighted by Crippen LogP contribution is -2.13. The van der Waals surface area contributed by atoms with Gasteiger partial charge in [-0.05, 0) is 36.8 Å². The molecular weight excluding hydrogens is 288 g/mol. The highest BCUT2D eigenvalue weighted by Gasteiger charge is 2.19. The number of hydrogen-bond acceptors (Lipinski definition) is 4. The van der Waals surface area contributed by atoms with E-state index in [-0.39, 0.29) is 11.6 Å². The average Bonchev–Trinajstić information content (AvgIpc) is 2.83. The standard InChI is InChI=1S/C12H13ClN2O3S/c1-8-2-3-9(13)6-11(8)15-19(16,17)12-5-4-10(7-14)18-12/h2-6,15H,7,14H2,1H3. The summed E-state index contributed by atoms with van der Waals surface area (Å²) in [6, 6.07) is 7.85. The van der Waals surface area contributed by atoms with Crippen molar-refractivity contribution < 1.29 is 12.8 Å². The van der Waals surface area contributed by atoms with Gasteiger partial charge < -0.3 is 10.2 Å². The smallest absolute Gasteiger partial charge is 0.295 e. The maximum absolute atomic E-state index is 12.1. The summed E-state index contributed by atoms with van der Waals surface area (Å²) in [6.45, 7) is 1.92. The monoisotopic (exact) mass is 300 g/mol. The molecule has 0 bridgehead atoms. The number of hydrogen-bond donors (Lipinski definition) is 2. The van der Waals surface area contributed by atoms with Crippen LogP contribution in [0.5, 0.6) is 0 Å². The fourth-order valence-electron chi connectivity index (χ4n) is 1.51. The summed E-state index contributed by atoms with van der Waals surface area (Å²) in [5, 5.41) is 0.276. The van der Waals surface area contributed by atoms with Crippen LogP contribution in [-0.4, -0.2) is 8.42 Å². The minimum atomic E-state index is -3.77. The Morgan fingerprint density at radius 2 is 2.05 bits per heavy atom. The van der Waals surface area contributed by atoms with Crippen LogP contribution in [0, 0.1) is 6.92 Å². The number of anilines is 1. The molecule has 0 radical (unpaired) electrons. The highest BCUT2D eigenvalue weighted by molar-refractivity contribution is 7.92. The third-order valence-electron chi connectivity index (χ3n) is 2.55. The zero-order valence-electron chi connectivity index (χ0n) is 10.2. The molecule has 2 rings (SSSR count). The van der Waals surface area contributed by atoms with Gasteiger partial charge in [0, 0.05) is 5.02 Å². The second kappa shape index (κ2) is 5.24. The SMILES string of the molecule is Cc1ccc(Cl)cc1NS(=O)(=O)c1ccc(CN)o1. The molecule has 0 atom stereocenters. The molecule has 0 aliphatic carbocycles. The van der Waals surface area contributed by atoms with Crippen LogP contribution in [-0.2, 0) is 16.6 Å². The van der Waals surface area contributed by atoms with E-state index in [1.165, 1.54) is 12.1 Å². The van der Waals surface area contributed by atoms with Gasteiger partial charge in [0.2, 0.25) is 5.09 Å². The fraction of sp³-hybridized carbons (Fsp3) is 0.167. The molecule has 0 saturated heterocycles. The van der Waals surface area contributed by atoms with Crippen molar-refractivity contribution in [2.75, 3.05) is 4.72 Å². The molecule has 5 nitrogen and oxygen atoms in total. The third kappa shape index (κ3) is 3.09. The van der Waals surface area contributed by atoms with Gasteiger partial charge in [-0.15, -0.1) is 0 Å². The molecule has 0 spiro atoms. The Hall–Kier alpha value is -1.50. The largest absolute Gasteiger partial charge is 0.446 e. The van der Waals surface area contributed by atoms with Crippen molar-refractivity contribution in [1.29, 1.82) is 0 Å². The maximum atomic E-state index is 12.1. The summed E-state index contributed by atoms with van der Waals surface area (Å²) in [5.74, 6) is 0.406. The Labute approximate surface area is 116 Å². The summed E-state index contributed by atoms with van der Waals surface area (Å²) in [4.78, 5) is 0. The number of aryl methyl sites for hydroxylation is 1. The molecule has 0 unspecified atom stereocenters. The molecule has 2 aromatic rings. The molecule has 0 aliphatic rings. The lowest BCUT2D eigenvalue weighted by Gasteiger charge is -2.09. The molecule has 0 amide bonds. The van der Waals surface area contributed by atoms with E-state index in [4.69, 9.17) is 21.8 Å². The molecule has 19 heavy (non-hydrogen) atoms. The van der Waals surface area contributed by atoms with Crippen LogP contribution in [0.1, 0.15) is 11.3 Å². The lowest BCUT2D eigenvalue weighted by atomic mass is 10.2. The number of sulfonamides is 1. The Kier molecular flexibility index (Phi) is 3.84. The first-order valence-corrected chi connectivity index (χ1v) is 7.36. The van der Waals surface area contributed by atoms with Crippen molar-refractivity contribution in [3.8, 4) is 0 Å². The van der Waals surface area contributed by atoms with Crippen molar-refractivity contribution in [2.45, 2.75) is 18.6 Å². The summed E-state index contributed by atoms with van der Waals surface area (Å²) >= 11 is 5.84. The van der Waals surface area contributed by atoms with Crippen LogP contribution in [0.25, 0.3) is 0 Å².